The van der Waals surface area contributed by atoms with Crippen molar-refractivity contribution in [2.24, 2.45) is 11.3 Å². The van der Waals surface area contributed by atoms with Gasteiger partial charge in [0.2, 0.25) is 17.7 Å². The van der Waals surface area contributed by atoms with Crippen LogP contribution >= 0.6 is 0 Å². The van der Waals surface area contributed by atoms with Crippen molar-refractivity contribution in [2.45, 2.75) is 104 Å². The van der Waals surface area contributed by atoms with Gasteiger partial charge in [-0.3, -0.25) is 34.0 Å². The first-order valence-corrected chi connectivity index (χ1v) is 22.9. The number of amides is 4. The minimum Gasteiger partial charge on any atom is -0.467 e. The maximum atomic E-state index is 16.2. The largest absolute Gasteiger partial charge is 0.467 e. The number of ether oxygens (including phenoxy) is 2. The second-order valence-corrected chi connectivity index (χ2v) is 18.8. The fraction of sp³-hybridized carbons (Fsp3) is 0.490. The molecule has 2 aliphatic rings. The van der Waals surface area contributed by atoms with Crippen molar-refractivity contribution >= 4 is 41.0 Å². The molecule has 2 aliphatic heterocycles. The Bertz CT molecular complexity index is 2420. The number of likely N-dealkylation sites (tertiary alicyclic amines) is 1. The molecule has 6 rings (SSSR count). The third kappa shape index (κ3) is 11.0. The number of aromatic nitrogens is 2. The summed E-state index contributed by atoms with van der Waals surface area (Å²) >= 11 is 0. The van der Waals surface area contributed by atoms with E-state index in [1.165, 1.54) is 36.9 Å². The molecule has 4 aromatic rings. The molecular weight excluding hydrogens is 842 g/mol. The fourth-order valence-electron chi connectivity index (χ4n) is 9.54. The molecule has 0 saturated carbocycles. The number of halogens is 1. The maximum absolute atomic E-state index is 16.2. The molecular formula is C51H66FN7O7. The number of alkyl halides is 1. The molecule has 2 aromatic carbocycles. The summed E-state index contributed by atoms with van der Waals surface area (Å²) in [5, 5.41) is 5.42. The van der Waals surface area contributed by atoms with Gasteiger partial charge in [-0.2, -0.15) is 0 Å². The summed E-state index contributed by atoms with van der Waals surface area (Å²) in [4.78, 5) is 73.5. The lowest BCUT2D eigenvalue weighted by Crippen LogP contribution is -2.62. The van der Waals surface area contributed by atoms with Gasteiger partial charge in [0.15, 0.2) is 0 Å². The van der Waals surface area contributed by atoms with Crippen molar-refractivity contribution < 1.29 is 37.8 Å². The van der Waals surface area contributed by atoms with E-state index in [0.717, 1.165) is 67.8 Å². The van der Waals surface area contributed by atoms with Crippen molar-refractivity contribution in [1.29, 1.82) is 0 Å². The van der Waals surface area contributed by atoms with Crippen LogP contribution in [0.1, 0.15) is 83.7 Å². The maximum Gasteiger partial charge on any atom is 0.293 e. The highest BCUT2D eigenvalue weighted by Gasteiger charge is 2.45. The number of hydrogen-bond donors (Lipinski definition) is 2. The number of nitrogens with zero attached hydrogens (tertiary/aromatic N) is 5. The average Bonchev–Trinajstić information content (AvgIpc) is 3.92. The summed E-state index contributed by atoms with van der Waals surface area (Å²) in [5.41, 5.74) is 7.99. The van der Waals surface area contributed by atoms with Crippen molar-refractivity contribution in [3.05, 3.63) is 90.3 Å². The molecule has 0 bridgehead atoms. The highest BCUT2D eigenvalue weighted by atomic mass is 19.1. The van der Waals surface area contributed by atoms with E-state index in [1.54, 1.807) is 13.3 Å². The number of pyridine rings is 1. The Kier molecular flexibility index (Phi) is 15.9. The first-order valence-electron chi connectivity index (χ1n) is 22.9. The van der Waals surface area contributed by atoms with Crippen LogP contribution in [0.25, 0.3) is 33.3 Å². The molecule has 4 unspecified atom stereocenters. The number of hydrogen-bond acceptors (Lipinski definition) is 9. The molecule has 15 heteroatoms. The van der Waals surface area contributed by atoms with Gasteiger partial charge >= 0.3 is 0 Å². The van der Waals surface area contributed by atoms with Gasteiger partial charge in [0.1, 0.15) is 17.8 Å². The molecule has 4 amide bonds. The number of fused-ring (bicyclic) bond motifs is 1. The quantitative estimate of drug-likeness (QED) is 0.0782. The zero-order chi connectivity index (χ0) is 47.9. The Morgan fingerprint density at radius 1 is 1.06 bits per heavy atom. The number of rotatable bonds is 19. The molecule has 354 valence electrons. The number of nitrogens with one attached hydrogen (secondary N) is 2. The molecule has 66 heavy (non-hydrogen) atoms. The smallest absolute Gasteiger partial charge is 0.293 e. The van der Waals surface area contributed by atoms with E-state index in [2.05, 4.69) is 66.9 Å². The Labute approximate surface area is 387 Å². The monoisotopic (exact) mass is 908 g/mol. The molecule has 0 spiro atoms. The topological polar surface area (TPSA) is 155 Å². The van der Waals surface area contributed by atoms with Crippen LogP contribution in [-0.2, 0) is 52.8 Å². The first-order chi connectivity index (χ1) is 31.4. The molecule has 4 heterocycles. The van der Waals surface area contributed by atoms with E-state index < -0.39 is 40.9 Å². The van der Waals surface area contributed by atoms with Gasteiger partial charge in [0.25, 0.3) is 12.4 Å². The van der Waals surface area contributed by atoms with Gasteiger partial charge in [-0.05, 0) is 106 Å². The molecule has 0 radical (unpaired) electrons. The zero-order valence-electron chi connectivity index (χ0n) is 39.7. The van der Waals surface area contributed by atoms with E-state index in [1.807, 2.05) is 37.3 Å². The first kappa shape index (κ1) is 49.5. The summed E-state index contributed by atoms with van der Waals surface area (Å²) in [7, 11) is 3.06. The van der Waals surface area contributed by atoms with Crippen LogP contribution in [0.3, 0.4) is 0 Å². The van der Waals surface area contributed by atoms with E-state index in [0.29, 0.717) is 45.5 Å². The molecule has 4 atom stereocenters. The number of methoxy groups -OCH3 is 1. The second-order valence-electron chi connectivity index (χ2n) is 18.8. The Balaban J connectivity index is 1.37. The van der Waals surface area contributed by atoms with Gasteiger partial charge in [-0.1, -0.05) is 50.8 Å². The van der Waals surface area contributed by atoms with Crippen LogP contribution < -0.4 is 10.7 Å². The predicted octanol–water partition coefficient (Wildman–Crippen LogP) is 6.60. The number of carbonyl (C=O) groups excluding carboxylic acids is 5. The van der Waals surface area contributed by atoms with Crippen LogP contribution in [0.5, 0.6) is 0 Å². The Hall–Kier alpha value is -5.93. The van der Waals surface area contributed by atoms with Gasteiger partial charge in [0, 0.05) is 81.4 Å². The van der Waals surface area contributed by atoms with Crippen LogP contribution in [-0.4, -0.2) is 119 Å². The summed E-state index contributed by atoms with van der Waals surface area (Å²) in [6.07, 6.45) is 5.40. The summed E-state index contributed by atoms with van der Waals surface area (Å²) in [6.45, 7) is 17.1. The van der Waals surface area contributed by atoms with Gasteiger partial charge in [-0.15, -0.1) is 0 Å². The molecule has 14 nitrogen and oxygen atoms in total. The van der Waals surface area contributed by atoms with Crippen LogP contribution in [0.4, 0.5) is 4.39 Å². The van der Waals surface area contributed by atoms with Crippen molar-refractivity contribution in [3.8, 4) is 22.4 Å². The predicted molar refractivity (Wildman–Crippen MR) is 252 cm³/mol. The minimum absolute atomic E-state index is 0.0885. The fourth-order valence-corrected chi connectivity index (χ4v) is 9.54. The van der Waals surface area contributed by atoms with Crippen LogP contribution in [0, 0.1) is 11.3 Å². The summed E-state index contributed by atoms with van der Waals surface area (Å²) < 4.78 is 29.6. The van der Waals surface area contributed by atoms with Crippen LogP contribution in [0.15, 0.2) is 73.4 Å². The molecule has 2 fully saturated rings. The lowest BCUT2D eigenvalue weighted by molar-refractivity contribution is -0.148. The average molecular weight is 908 g/mol. The normalized spacial score (nSPS) is 17.0. The van der Waals surface area contributed by atoms with E-state index >= 15 is 4.39 Å². The van der Waals surface area contributed by atoms with Crippen LogP contribution in [0.2, 0.25) is 0 Å². The van der Waals surface area contributed by atoms with Crippen molar-refractivity contribution in [1.82, 2.24) is 35.1 Å². The molecule has 2 aromatic heterocycles. The highest BCUT2D eigenvalue weighted by Crippen LogP contribution is 2.42. The molecule has 2 N–H and O–H groups in total. The number of aryl methyl sites for hydroxylation is 1. The van der Waals surface area contributed by atoms with Gasteiger partial charge in [0.05, 0.1) is 30.0 Å². The zero-order valence-corrected chi connectivity index (χ0v) is 39.7. The van der Waals surface area contributed by atoms with E-state index in [-0.39, 0.29) is 37.5 Å². The van der Waals surface area contributed by atoms with Gasteiger partial charge in [-0.25, -0.2) is 9.82 Å². The summed E-state index contributed by atoms with van der Waals surface area (Å²) in [6, 6.07) is 15.5. The lowest BCUT2D eigenvalue weighted by Gasteiger charge is -2.37. The third-order valence-electron chi connectivity index (χ3n) is 12.9. The van der Waals surface area contributed by atoms with Crippen molar-refractivity contribution in [2.75, 3.05) is 46.9 Å². The number of hydrazine groups is 1. The number of carbonyl (C=O) groups is 5. The van der Waals surface area contributed by atoms with Gasteiger partial charge < -0.3 is 29.2 Å². The third-order valence-corrected chi connectivity index (χ3v) is 12.9. The van der Waals surface area contributed by atoms with E-state index in [4.69, 9.17) is 14.5 Å². The molecule has 0 aliphatic carbocycles. The Morgan fingerprint density at radius 2 is 1.82 bits per heavy atom. The lowest BCUT2D eigenvalue weighted by atomic mass is 9.84. The number of likely N-dealkylation sites (N-methyl/N-ethyl adjacent to an activating group) is 1. The Morgan fingerprint density at radius 3 is 2.48 bits per heavy atom. The summed E-state index contributed by atoms with van der Waals surface area (Å²) in [5.74, 6) is -2.54. The highest BCUT2D eigenvalue weighted by molar-refractivity contribution is 5.96. The molecule has 2 saturated heterocycles. The second kappa shape index (κ2) is 21.1. The SMILES string of the molecule is C=CC(=O)N1CCC(C(=O)N(C)C(C(=O)NC(Cc2cccc(-c3ccc4c(c3)c(CC(C)(C)COC=O)c(-c3cccnc3C(C)OC)n4CC)c2)C(=O)N2CCCCN2)C(C)(C)F)C1. The standard InChI is InChI=1S/C51H66FN7O7/c1-10-43(61)57-25-21-37(30-57)48(63)56(8)46(51(6,7)52)47(62)55-41(49(64)59-24-13-12-23-54-59)27-34-16-14-17-35(26-34)36-19-20-42-39(28-36)40(29-50(4,5)31-66-32-60)45(58(42)11-2)38-18-15-22-53-44(38)33(3)65-9/h10,14-20,22,26,28,32-33,37,41,46,54H,1,11-13,21,23-25,27,29-31H2,2-9H3,(H,55,62). The number of benzene rings is 2. The van der Waals surface area contributed by atoms with E-state index in [9.17, 15) is 24.0 Å². The minimum atomic E-state index is -2.19. The van der Waals surface area contributed by atoms with Crippen molar-refractivity contribution in [3.63, 3.8) is 0 Å².